The van der Waals surface area contributed by atoms with Gasteiger partial charge in [-0.2, -0.15) is 0 Å². The molecule has 0 saturated carbocycles. The monoisotopic (exact) mass is 644 g/mol. The van der Waals surface area contributed by atoms with Gasteiger partial charge in [0, 0.05) is 30.5 Å². The number of thioether (sulfide) groups is 1. The maximum absolute atomic E-state index is 13.3. The molecule has 0 bridgehead atoms. The molecular weight excluding hydrogens is 588 g/mol. The van der Waals surface area contributed by atoms with Crippen LogP contribution in [0.3, 0.4) is 0 Å². The lowest BCUT2D eigenvalue weighted by atomic mass is 10.0. The van der Waals surface area contributed by atoms with Crippen LogP contribution >= 0.6 is 11.8 Å². The van der Waals surface area contributed by atoms with Crippen LogP contribution in [-0.2, 0) is 19.2 Å². The highest BCUT2D eigenvalue weighted by Crippen LogP contribution is 2.20. The Hall–Kier alpha value is -2.97. The Morgan fingerprint density at radius 3 is 2.16 bits per heavy atom. The zero-order chi connectivity index (χ0) is 33.6. The highest BCUT2D eigenvalue weighted by atomic mass is 32.2. The molecule has 0 aliphatic rings. The molecule has 0 aliphatic carbocycles. The largest absolute Gasteiger partial charge is 0.347 e. The van der Waals surface area contributed by atoms with Crippen molar-refractivity contribution in [2.75, 3.05) is 26.2 Å². The molecule has 252 valence electrons. The zero-order valence-corrected chi connectivity index (χ0v) is 29.4. The quantitative estimate of drug-likeness (QED) is 0.0727. The molecule has 0 spiro atoms. The fraction of sp³-hybridized carbons (Fsp3) is 0.706. The first-order valence-electron chi connectivity index (χ1n) is 16.6. The first kappa shape index (κ1) is 40.1. The fourth-order valence-electron chi connectivity index (χ4n) is 4.50. The van der Waals surface area contributed by atoms with Gasteiger partial charge in [-0.1, -0.05) is 65.1 Å². The van der Waals surface area contributed by atoms with Crippen molar-refractivity contribution in [1.29, 1.82) is 0 Å². The maximum atomic E-state index is 13.3. The Morgan fingerprint density at radius 2 is 1.58 bits per heavy atom. The van der Waals surface area contributed by atoms with Crippen molar-refractivity contribution in [3.63, 3.8) is 0 Å². The molecule has 0 aromatic carbocycles. The predicted octanol–water partition coefficient (Wildman–Crippen LogP) is 4.51. The molecule has 1 aromatic rings. The van der Waals surface area contributed by atoms with Crippen LogP contribution < -0.4 is 16.0 Å². The van der Waals surface area contributed by atoms with Gasteiger partial charge in [-0.25, -0.2) is 9.97 Å². The molecule has 1 heterocycles. The second-order valence-corrected chi connectivity index (χ2v) is 13.3. The number of Topliss-reactive ketones (excluding diaryl/α,β-unsaturated/α-hetero) is 1. The number of carbonyl (C=O) groups excluding carboxylic acids is 4. The summed E-state index contributed by atoms with van der Waals surface area (Å²) >= 11 is 1.63. The molecule has 0 aliphatic heterocycles. The van der Waals surface area contributed by atoms with Crippen LogP contribution in [0.1, 0.15) is 112 Å². The van der Waals surface area contributed by atoms with E-state index in [9.17, 15) is 19.2 Å². The van der Waals surface area contributed by atoms with Gasteiger partial charge in [0.05, 0.1) is 12.1 Å². The summed E-state index contributed by atoms with van der Waals surface area (Å²) in [6.45, 7) is 16.6. The van der Waals surface area contributed by atoms with E-state index in [1.54, 1.807) is 24.2 Å². The average molecular weight is 645 g/mol. The van der Waals surface area contributed by atoms with Crippen molar-refractivity contribution in [2.45, 2.75) is 129 Å². The van der Waals surface area contributed by atoms with Crippen molar-refractivity contribution in [3.05, 3.63) is 18.0 Å². The Balaban J connectivity index is 2.68. The van der Waals surface area contributed by atoms with Gasteiger partial charge in [0.25, 0.3) is 0 Å². The highest BCUT2D eigenvalue weighted by molar-refractivity contribution is 7.99. The number of amides is 3. The lowest BCUT2D eigenvalue weighted by Crippen LogP contribution is -2.55. The molecule has 0 saturated heterocycles. The minimum absolute atomic E-state index is 0.0884. The van der Waals surface area contributed by atoms with Gasteiger partial charge in [-0.15, -0.1) is 0 Å². The summed E-state index contributed by atoms with van der Waals surface area (Å²) < 4.78 is 0. The van der Waals surface area contributed by atoms with Crippen molar-refractivity contribution in [3.8, 4) is 11.8 Å². The van der Waals surface area contributed by atoms with E-state index < -0.39 is 18.0 Å². The Morgan fingerprint density at radius 1 is 0.911 bits per heavy atom. The summed E-state index contributed by atoms with van der Waals surface area (Å²) in [6.07, 6.45) is 10.0. The number of hydrogen-bond acceptors (Lipinski definition) is 8. The van der Waals surface area contributed by atoms with Crippen molar-refractivity contribution in [1.82, 2.24) is 30.8 Å². The minimum atomic E-state index is -0.791. The van der Waals surface area contributed by atoms with E-state index in [2.05, 4.69) is 70.4 Å². The summed E-state index contributed by atoms with van der Waals surface area (Å²) in [4.78, 5) is 61.5. The highest BCUT2D eigenvalue weighted by Gasteiger charge is 2.28. The van der Waals surface area contributed by atoms with Crippen LogP contribution in [0.25, 0.3) is 0 Å². The summed E-state index contributed by atoms with van der Waals surface area (Å²) in [5, 5.41) is 9.51. The van der Waals surface area contributed by atoms with Crippen LogP contribution in [0.15, 0.2) is 17.6 Å². The van der Waals surface area contributed by atoms with E-state index in [1.165, 1.54) is 6.92 Å². The second kappa shape index (κ2) is 23.4. The lowest BCUT2D eigenvalue weighted by Gasteiger charge is -2.26. The van der Waals surface area contributed by atoms with E-state index >= 15 is 0 Å². The van der Waals surface area contributed by atoms with Gasteiger partial charge in [-0.05, 0) is 77.4 Å². The summed E-state index contributed by atoms with van der Waals surface area (Å²) in [6, 6.07) is -1.58. The molecule has 3 N–H and O–H groups in total. The van der Waals surface area contributed by atoms with E-state index in [4.69, 9.17) is 0 Å². The summed E-state index contributed by atoms with van der Waals surface area (Å²) in [5.41, 5.74) is 0.727. The van der Waals surface area contributed by atoms with Crippen LogP contribution in [0.5, 0.6) is 0 Å². The molecule has 3 atom stereocenters. The third kappa shape index (κ3) is 17.9. The SMILES string of the molecule is CCCN(CCC)CCCC[C@H](NC(=O)[C@@H](NC(=O)CCCC#Cc1cnc(SC(C)CC)nc1)C(C)C)C(=O)NCC(C)=O. The number of unbranched alkanes of at least 4 members (excludes halogenated alkanes) is 2. The summed E-state index contributed by atoms with van der Waals surface area (Å²) in [7, 11) is 0. The smallest absolute Gasteiger partial charge is 0.243 e. The first-order valence-corrected chi connectivity index (χ1v) is 17.4. The summed E-state index contributed by atoms with van der Waals surface area (Å²) in [5.74, 6) is 4.71. The number of aromatic nitrogens is 2. The second-order valence-electron chi connectivity index (χ2n) is 11.9. The molecule has 0 fully saturated rings. The van der Waals surface area contributed by atoms with Crippen LogP contribution in [0.4, 0.5) is 0 Å². The molecule has 10 nitrogen and oxygen atoms in total. The molecular formula is C34H56N6O4S. The average Bonchev–Trinajstić information content (AvgIpc) is 3.00. The van der Waals surface area contributed by atoms with E-state index in [0.29, 0.717) is 24.5 Å². The zero-order valence-electron chi connectivity index (χ0n) is 28.5. The molecule has 1 unspecified atom stereocenters. The molecule has 1 aromatic heterocycles. The van der Waals surface area contributed by atoms with Crippen molar-refractivity contribution >= 4 is 35.3 Å². The molecule has 0 radical (unpaired) electrons. The van der Waals surface area contributed by atoms with Gasteiger partial charge >= 0.3 is 0 Å². The number of carbonyl (C=O) groups is 4. The number of rotatable bonds is 22. The maximum Gasteiger partial charge on any atom is 0.243 e. The number of nitrogens with zero attached hydrogens (tertiary/aromatic N) is 3. The third-order valence-electron chi connectivity index (χ3n) is 7.15. The van der Waals surface area contributed by atoms with Gasteiger partial charge in [0.1, 0.15) is 17.9 Å². The topological polar surface area (TPSA) is 133 Å². The Kier molecular flexibility index (Phi) is 20.8. The minimum Gasteiger partial charge on any atom is -0.347 e. The van der Waals surface area contributed by atoms with Crippen molar-refractivity contribution < 1.29 is 19.2 Å². The lowest BCUT2D eigenvalue weighted by molar-refractivity contribution is -0.133. The van der Waals surface area contributed by atoms with Gasteiger partial charge in [0.15, 0.2) is 5.16 Å². The normalized spacial score (nSPS) is 13.0. The standard InChI is InChI=1S/C34H56N6O4S/c1-8-19-40(20-9-2)21-15-14-17-29(32(43)35-22-26(6)41)38-33(44)31(25(4)5)39-30(42)18-13-11-12-16-28-23-36-34(37-24-28)45-27(7)10-3/h23-25,27,29,31H,8-11,13-15,17-22H2,1-7H3,(H,35,43)(H,38,44)(H,39,42)/t27?,29-,31-/m0/s1. The van der Waals surface area contributed by atoms with E-state index in [0.717, 1.165) is 62.5 Å². The molecule has 45 heavy (non-hydrogen) atoms. The van der Waals surface area contributed by atoms with Crippen LogP contribution in [-0.4, -0.2) is 81.9 Å². The predicted molar refractivity (Wildman–Crippen MR) is 182 cm³/mol. The van der Waals surface area contributed by atoms with E-state index in [1.807, 2.05) is 13.8 Å². The van der Waals surface area contributed by atoms with Gasteiger partial charge in [-0.3, -0.25) is 19.2 Å². The molecule has 1 rings (SSSR count). The Labute approximate surface area is 275 Å². The van der Waals surface area contributed by atoms with E-state index in [-0.39, 0.29) is 36.5 Å². The third-order valence-corrected chi connectivity index (χ3v) is 8.31. The van der Waals surface area contributed by atoms with Crippen molar-refractivity contribution in [2.24, 2.45) is 5.92 Å². The number of hydrogen-bond donors (Lipinski definition) is 3. The molecule has 3 amide bonds. The first-order chi connectivity index (χ1) is 21.5. The fourth-order valence-corrected chi connectivity index (χ4v) is 5.26. The van der Waals surface area contributed by atoms with Gasteiger partial charge < -0.3 is 20.9 Å². The molecule has 11 heteroatoms. The Bertz CT molecular complexity index is 1100. The number of nitrogens with one attached hydrogen (secondary N) is 3. The number of ketones is 1. The van der Waals surface area contributed by atoms with Crippen LogP contribution in [0.2, 0.25) is 0 Å². The van der Waals surface area contributed by atoms with Gasteiger partial charge in [0.2, 0.25) is 17.7 Å². The van der Waals surface area contributed by atoms with Crippen LogP contribution in [0, 0.1) is 17.8 Å².